The van der Waals surface area contributed by atoms with Crippen molar-refractivity contribution in [1.29, 1.82) is 0 Å². The van der Waals surface area contributed by atoms with E-state index in [-0.39, 0.29) is 30.0 Å². The van der Waals surface area contributed by atoms with Crippen molar-refractivity contribution in [2.24, 2.45) is 5.41 Å². The van der Waals surface area contributed by atoms with Gasteiger partial charge < -0.3 is 30.3 Å². The lowest BCUT2D eigenvalue weighted by atomic mass is 9.74. The van der Waals surface area contributed by atoms with Gasteiger partial charge in [0.15, 0.2) is 5.82 Å². The molecule has 3 N–H and O–H groups in total. The van der Waals surface area contributed by atoms with Gasteiger partial charge in [0, 0.05) is 42.4 Å². The third-order valence-corrected chi connectivity index (χ3v) is 7.12. The molecular formula is C27H38N6O4. The number of nitrogens with zero attached hydrogens (tertiary/aromatic N) is 4. The zero-order valence-electron chi connectivity index (χ0n) is 22.4. The topological polar surface area (TPSA) is 120 Å². The molecule has 1 aromatic heterocycles. The Hall–Kier alpha value is -3.40. The molecule has 0 bridgehead atoms. The Balaban J connectivity index is 1.82. The molecule has 3 amide bonds. The van der Waals surface area contributed by atoms with Gasteiger partial charge in [-0.25, -0.2) is 19.6 Å². The number of carbonyl (C=O) groups is 2. The molecule has 2 aliphatic rings. The highest BCUT2D eigenvalue weighted by Crippen LogP contribution is 2.45. The van der Waals surface area contributed by atoms with Crippen LogP contribution >= 0.6 is 0 Å². The average molecular weight is 511 g/mol. The summed E-state index contributed by atoms with van der Waals surface area (Å²) in [5.74, 6) is 1.37. The predicted octanol–water partition coefficient (Wildman–Crippen LogP) is 4.52. The van der Waals surface area contributed by atoms with Gasteiger partial charge in [-0.05, 0) is 43.0 Å². The molecule has 2 unspecified atom stereocenters. The molecule has 0 saturated carbocycles. The number of morpholine rings is 1. The number of benzene rings is 1. The minimum absolute atomic E-state index is 0.0552. The van der Waals surface area contributed by atoms with E-state index in [0.29, 0.717) is 37.8 Å². The first kappa shape index (κ1) is 26.7. The fourth-order valence-corrected chi connectivity index (χ4v) is 5.05. The van der Waals surface area contributed by atoms with E-state index in [0.717, 1.165) is 35.6 Å². The second-order valence-corrected chi connectivity index (χ2v) is 10.7. The smallest absolute Gasteiger partial charge is 0.407 e. The summed E-state index contributed by atoms with van der Waals surface area (Å²) in [5, 5.41) is 15.4. The maximum Gasteiger partial charge on any atom is 0.407 e. The summed E-state index contributed by atoms with van der Waals surface area (Å²) in [6.45, 7) is 13.6. The van der Waals surface area contributed by atoms with Crippen molar-refractivity contribution in [2.75, 3.05) is 43.1 Å². The molecule has 10 heteroatoms. The standard InChI is InChI=1S/C27H38N6O4/c1-6-19-16-37-13-12-33(19)24-22-20(27(3,4)5)14-32(26(35)36)15-21(22)30-23(31-24)17-8-10-18(11-9-17)29-25(34)28-7-2/h8-11,19-20H,6-7,12-16H2,1-5H3,(H,35,36)(H2,28,29,34). The first-order chi connectivity index (χ1) is 17.6. The van der Waals surface area contributed by atoms with Crippen LogP contribution in [0.15, 0.2) is 24.3 Å². The minimum Gasteiger partial charge on any atom is -0.465 e. The third-order valence-electron chi connectivity index (χ3n) is 7.12. The van der Waals surface area contributed by atoms with Crippen LogP contribution in [0.4, 0.5) is 21.1 Å². The molecule has 1 fully saturated rings. The maximum atomic E-state index is 12.1. The molecule has 3 heterocycles. The van der Waals surface area contributed by atoms with E-state index < -0.39 is 6.09 Å². The fraction of sp³-hybridized carbons (Fsp3) is 0.556. The number of hydrogen-bond donors (Lipinski definition) is 3. The van der Waals surface area contributed by atoms with Crippen molar-refractivity contribution in [3.8, 4) is 11.4 Å². The van der Waals surface area contributed by atoms with E-state index in [1.165, 1.54) is 4.90 Å². The Bertz CT molecular complexity index is 1130. The van der Waals surface area contributed by atoms with Crippen LogP contribution in [-0.4, -0.2) is 71.0 Å². The molecule has 37 heavy (non-hydrogen) atoms. The Morgan fingerprint density at radius 3 is 2.51 bits per heavy atom. The van der Waals surface area contributed by atoms with Crippen molar-refractivity contribution in [2.45, 2.75) is 59.5 Å². The second-order valence-electron chi connectivity index (χ2n) is 10.7. The summed E-state index contributed by atoms with van der Waals surface area (Å²) in [5.41, 5.74) is 3.06. The fourth-order valence-electron chi connectivity index (χ4n) is 5.05. The van der Waals surface area contributed by atoms with E-state index in [1.807, 2.05) is 31.2 Å². The van der Waals surface area contributed by atoms with Crippen molar-refractivity contribution < 1.29 is 19.4 Å². The number of hydrogen-bond acceptors (Lipinski definition) is 6. The number of aromatic nitrogens is 2. The molecule has 1 saturated heterocycles. The summed E-state index contributed by atoms with van der Waals surface area (Å²) in [6.07, 6.45) is -0.0318. The minimum atomic E-state index is -0.944. The van der Waals surface area contributed by atoms with Gasteiger partial charge in [-0.15, -0.1) is 0 Å². The van der Waals surface area contributed by atoms with E-state index in [2.05, 4.69) is 43.2 Å². The zero-order chi connectivity index (χ0) is 26.7. The van der Waals surface area contributed by atoms with E-state index in [9.17, 15) is 14.7 Å². The lowest BCUT2D eigenvalue weighted by Gasteiger charge is -2.44. The van der Waals surface area contributed by atoms with E-state index >= 15 is 0 Å². The van der Waals surface area contributed by atoms with Gasteiger partial charge in [0.1, 0.15) is 5.82 Å². The number of urea groups is 1. The molecule has 0 radical (unpaired) electrons. The monoisotopic (exact) mass is 510 g/mol. The number of carbonyl (C=O) groups excluding carboxylic acids is 1. The van der Waals surface area contributed by atoms with Crippen LogP contribution in [0.25, 0.3) is 11.4 Å². The molecule has 2 aliphatic heterocycles. The molecule has 2 atom stereocenters. The van der Waals surface area contributed by atoms with Crippen LogP contribution in [0, 0.1) is 5.41 Å². The largest absolute Gasteiger partial charge is 0.465 e. The SMILES string of the molecule is CCNC(=O)Nc1ccc(-c2nc3c(c(N4CCOCC4CC)n2)C(C(C)(C)C)CN(C(=O)O)C3)cc1. The van der Waals surface area contributed by atoms with Crippen LogP contribution < -0.4 is 15.5 Å². The van der Waals surface area contributed by atoms with Crippen molar-refractivity contribution in [3.63, 3.8) is 0 Å². The zero-order valence-corrected chi connectivity index (χ0v) is 22.4. The number of fused-ring (bicyclic) bond motifs is 1. The quantitative estimate of drug-likeness (QED) is 0.541. The molecule has 10 nitrogen and oxygen atoms in total. The highest BCUT2D eigenvalue weighted by molar-refractivity contribution is 5.89. The third kappa shape index (κ3) is 5.79. The Labute approximate surface area is 218 Å². The average Bonchev–Trinajstić information content (AvgIpc) is 2.87. The highest BCUT2D eigenvalue weighted by atomic mass is 16.5. The van der Waals surface area contributed by atoms with Crippen LogP contribution in [0.3, 0.4) is 0 Å². The van der Waals surface area contributed by atoms with Gasteiger partial charge in [-0.2, -0.15) is 0 Å². The van der Waals surface area contributed by atoms with Crippen LogP contribution in [0.5, 0.6) is 0 Å². The molecule has 4 rings (SSSR count). The number of rotatable bonds is 5. The first-order valence-corrected chi connectivity index (χ1v) is 13.0. The number of anilines is 2. The molecule has 2 aromatic rings. The number of nitrogens with one attached hydrogen (secondary N) is 2. The van der Waals surface area contributed by atoms with Crippen LogP contribution in [-0.2, 0) is 11.3 Å². The lowest BCUT2D eigenvalue weighted by molar-refractivity contribution is 0.0918. The molecule has 0 spiro atoms. The van der Waals surface area contributed by atoms with Gasteiger partial charge in [0.05, 0.1) is 31.5 Å². The molecule has 1 aromatic carbocycles. The van der Waals surface area contributed by atoms with Gasteiger partial charge in [0.2, 0.25) is 0 Å². The maximum absolute atomic E-state index is 12.1. The Morgan fingerprint density at radius 1 is 1.16 bits per heavy atom. The van der Waals surface area contributed by atoms with Gasteiger partial charge >= 0.3 is 12.1 Å². The van der Waals surface area contributed by atoms with Gasteiger partial charge in [0.25, 0.3) is 0 Å². The second kappa shape index (κ2) is 10.9. The van der Waals surface area contributed by atoms with Crippen molar-refractivity contribution in [3.05, 3.63) is 35.5 Å². The van der Waals surface area contributed by atoms with Gasteiger partial charge in [-0.3, -0.25) is 0 Å². The first-order valence-electron chi connectivity index (χ1n) is 13.0. The number of ether oxygens (including phenoxy) is 1. The molecule has 200 valence electrons. The van der Waals surface area contributed by atoms with E-state index in [4.69, 9.17) is 14.7 Å². The summed E-state index contributed by atoms with van der Waals surface area (Å²) in [6, 6.07) is 7.31. The number of carboxylic acid groups (broad SMARTS) is 1. The Morgan fingerprint density at radius 2 is 1.89 bits per heavy atom. The highest BCUT2D eigenvalue weighted by Gasteiger charge is 2.41. The van der Waals surface area contributed by atoms with Crippen molar-refractivity contribution in [1.82, 2.24) is 20.2 Å². The van der Waals surface area contributed by atoms with Crippen LogP contribution in [0.1, 0.15) is 58.2 Å². The number of amides is 3. The predicted molar refractivity (Wildman–Crippen MR) is 143 cm³/mol. The summed E-state index contributed by atoms with van der Waals surface area (Å²) >= 11 is 0. The summed E-state index contributed by atoms with van der Waals surface area (Å²) < 4.78 is 5.78. The van der Waals surface area contributed by atoms with Crippen molar-refractivity contribution >= 4 is 23.6 Å². The molecule has 0 aliphatic carbocycles. The summed E-state index contributed by atoms with van der Waals surface area (Å²) in [7, 11) is 0. The normalized spacial score (nSPS) is 19.8. The lowest BCUT2D eigenvalue weighted by Crippen LogP contribution is -2.48. The van der Waals surface area contributed by atoms with E-state index in [1.54, 1.807) is 0 Å². The van der Waals surface area contributed by atoms with Gasteiger partial charge in [-0.1, -0.05) is 27.7 Å². The summed E-state index contributed by atoms with van der Waals surface area (Å²) in [4.78, 5) is 37.8. The molecular weight excluding hydrogens is 472 g/mol. The Kier molecular flexibility index (Phi) is 7.87. The van der Waals surface area contributed by atoms with Crippen LogP contribution in [0.2, 0.25) is 0 Å².